The summed E-state index contributed by atoms with van der Waals surface area (Å²) in [6, 6.07) is 9.58. The van der Waals surface area contributed by atoms with E-state index in [2.05, 4.69) is 10.6 Å². The predicted molar refractivity (Wildman–Crippen MR) is 121 cm³/mol. The van der Waals surface area contributed by atoms with Crippen molar-refractivity contribution in [3.63, 3.8) is 0 Å². The second-order valence-electron chi connectivity index (χ2n) is 7.58. The number of hydrogen-bond donors (Lipinski definition) is 2. The molecule has 12 heteroatoms. The zero-order chi connectivity index (χ0) is 25.5. The fraction of sp³-hybridized carbons (Fsp3) is 0.261. The molecule has 0 bridgehead atoms. The van der Waals surface area contributed by atoms with E-state index in [4.69, 9.17) is 4.74 Å². The number of amides is 4. The van der Waals surface area contributed by atoms with Crippen molar-refractivity contribution in [1.29, 1.82) is 0 Å². The number of nitro groups is 1. The summed E-state index contributed by atoms with van der Waals surface area (Å²) in [4.78, 5) is 71.3. The van der Waals surface area contributed by atoms with Crippen molar-refractivity contribution in [2.75, 3.05) is 19.6 Å². The average molecular weight is 482 g/mol. The molecule has 182 valence electrons. The third kappa shape index (κ3) is 6.25. The van der Waals surface area contributed by atoms with Crippen molar-refractivity contribution in [3.05, 3.63) is 69.3 Å². The third-order valence-electron chi connectivity index (χ3n) is 5.04. The van der Waals surface area contributed by atoms with Crippen LogP contribution in [0.15, 0.2) is 42.5 Å². The summed E-state index contributed by atoms with van der Waals surface area (Å²) in [6.07, 6.45) is 0.237. The SMILES string of the molecule is CC(=O)Oc1cccc(C(=O)NCCNC(=O)CCCN2C(=O)c3ccc([N+](=O)[O-])cc3C2=O)c1. The minimum atomic E-state index is -0.645. The zero-order valence-corrected chi connectivity index (χ0v) is 18.7. The van der Waals surface area contributed by atoms with Crippen LogP contribution in [0.25, 0.3) is 0 Å². The molecule has 1 heterocycles. The van der Waals surface area contributed by atoms with E-state index in [-0.39, 0.29) is 60.9 Å². The molecule has 0 saturated carbocycles. The summed E-state index contributed by atoms with van der Waals surface area (Å²) in [7, 11) is 0. The first-order valence-electron chi connectivity index (χ1n) is 10.7. The maximum absolute atomic E-state index is 12.4. The third-order valence-corrected chi connectivity index (χ3v) is 5.04. The summed E-state index contributed by atoms with van der Waals surface area (Å²) in [6.45, 7) is 1.55. The van der Waals surface area contributed by atoms with E-state index in [0.717, 1.165) is 17.0 Å². The molecule has 4 amide bonds. The first-order chi connectivity index (χ1) is 16.7. The van der Waals surface area contributed by atoms with E-state index in [1.54, 1.807) is 18.2 Å². The minimum Gasteiger partial charge on any atom is -0.427 e. The van der Waals surface area contributed by atoms with Gasteiger partial charge in [0.15, 0.2) is 0 Å². The van der Waals surface area contributed by atoms with Gasteiger partial charge < -0.3 is 15.4 Å². The van der Waals surface area contributed by atoms with Gasteiger partial charge in [0, 0.05) is 50.7 Å². The molecule has 0 aliphatic carbocycles. The van der Waals surface area contributed by atoms with Crippen LogP contribution in [0.3, 0.4) is 0 Å². The number of esters is 1. The highest BCUT2D eigenvalue weighted by molar-refractivity contribution is 6.21. The number of nitrogens with one attached hydrogen (secondary N) is 2. The minimum absolute atomic E-state index is 0.0109. The number of carbonyl (C=O) groups excluding carboxylic acids is 5. The number of benzene rings is 2. The van der Waals surface area contributed by atoms with Crippen LogP contribution in [-0.4, -0.2) is 59.1 Å². The van der Waals surface area contributed by atoms with Crippen LogP contribution >= 0.6 is 0 Å². The maximum Gasteiger partial charge on any atom is 0.308 e. The highest BCUT2D eigenvalue weighted by Gasteiger charge is 2.36. The number of rotatable bonds is 10. The molecule has 2 aromatic rings. The van der Waals surface area contributed by atoms with Crippen LogP contribution in [0.2, 0.25) is 0 Å². The fourth-order valence-electron chi connectivity index (χ4n) is 3.43. The molecule has 0 saturated heterocycles. The molecule has 1 aliphatic heterocycles. The van der Waals surface area contributed by atoms with Gasteiger partial charge in [0.05, 0.1) is 16.1 Å². The largest absolute Gasteiger partial charge is 0.427 e. The molecule has 0 spiro atoms. The van der Waals surface area contributed by atoms with Crippen LogP contribution in [-0.2, 0) is 9.59 Å². The van der Waals surface area contributed by atoms with Crippen LogP contribution in [0, 0.1) is 10.1 Å². The van der Waals surface area contributed by atoms with Gasteiger partial charge in [0.1, 0.15) is 5.75 Å². The Labute approximate surface area is 199 Å². The molecule has 2 aromatic carbocycles. The molecular weight excluding hydrogens is 460 g/mol. The van der Waals surface area contributed by atoms with Crippen molar-refractivity contribution < 1.29 is 33.6 Å². The van der Waals surface area contributed by atoms with Crippen molar-refractivity contribution in [3.8, 4) is 5.75 Å². The van der Waals surface area contributed by atoms with Gasteiger partial charge in [-0.2, -0.15) is 0 Å². The van der Waals surface area contributed by atoms with Crippen molar-refractivity contribution in [2.45, 2.75) is 19.8 Å². The number of fused-ring (bicyclic) bond motifs is 1. The lowest BCUT2D eigenvalue weighted by atomic mass is 10.1. The van der Waals surface area contributed by atoms with Gasteiger partial charge in [-0.3, -0.25) is 39.0 Å². The quantitative estimate of drug-likeness (QED) is 0.128. The summed E-state index contributed by atoms with van der Waals surface area (Å²) in [5, 5.41) is 16.2. The Morgan fingerprint density at radius 2 is 1.71 bits per heavy atom. The Morgan fingerprint density at radius 1 is 1.00 bits per heavy atom. The van der Waals surface area contributed by atoms with E-state index >= 15 is 0 Å². The average Bonchev–Trinajstić information content (AvgIpc) is 3.05. The van der Waals surface area contributed by atoms with Crippen LogP contribution in [0.1, 0.15) is 50.8 Å². The predicted octanol–water partition coefficient (Wildman–Crippen LogP) is 1.44. The first-order valence-corrected chi connectivity index (χ1v) is 10.7. The van der Waals surface area contributed by atoms with E-state index in [9.17, 15) is 34.1 Å². The number of ether oxygens (including phenoxy) is 1. The number of nitrogens with zero attached hydrogens (tertiary/aromatic N) is 2. The van der Waals surface area contributed by atoms with Gasteiger partial charge in [0.2, 0.25) is 5.91 Å². The number of carbonyl (C=O) groups is 5. The summed E-state index contributed by atoms with van der Waals surface area (Å²) >= 11 is 0. The van der Waals surface area contributed by atoms with E-state index in [1.165, 1.54) is 19.1 Å². The monoisotopic (exact) mass is 482 g/mol. The van der Waals surface area contributed by atoms with E-state index < -0.39 is 28.6 Å². The van der Waals surface area contributed by atoms with Crippen LogP contribution in [0.5, 0.6) is 5.75 Å². The number of nitro benzene ring substituents is 1. The lowest BCUT2D eigenvalue weighted by Gasteiger charge is -2.13. The highest BCUT2D eigenvalue weighted by Crippen LogP contribution is 2.27. The van der Waals surface area contributed by atoms with Crippen LogP contribution in [0.4, 0.5) is 5.69 Å². The van der Waals surface area contributed by atoms with Gasteiger partial charge in [-0.15, -0.1) is 0 Å². The zero-order valence-electron chi connectivity index (χ0n) is 18.7. The Balaban J connectivity index is 1.38. The standard InChI is InChI=1S/C23H22N4O8/c1-14(28)35-17-5-2-4-15(12-17)21(30)25-10-9-24-20(29)6-3-11-26-22(31)18-8-7-16(27(33)34)13-19(18)23(26)32/h2,4-5,7-8,12-13H,3,6,9-11H2,1H3,(H,24,29)(H,25,30). The summed E-state index contributed by atoms with van der Waals surface area (Å²) in [5.41, 5.74) is 0.0821. The molecule has 0 aromatic heterocycles. The molecule has 3 rings (SSSR count). The summed E-state index contributed by atoms with van der Waals surface area (Å²) < 4.78 is 4.93. The first kappa shape index (κ1) is 25.0. The number of non-ortho nitro benzene ring substituents is 1. The summed E-state index contributed by atoms with van der Waals surface area (Å²) in [5.74, 6) is -2.18. The Morgan fingerprint density at radius 3 is 2.43 bits per heavy atom. The van der Waals surface area contributed by atoms with Gasteiger partial charge >= 0.3 is 5.97 Å². The molecule has 0 radical (unpaired) electrons. The topological polar surface area (TPSA) is 165 Å². The van der Waals surface area contributed by atoms with Gasteiger partial charge in [-0.05, 0) is 30.7 Å². The van der Waals surface area contributed by atoms with Gasteiger partial charge in [0.25, 0.3) is 23.4 Å². The fourth-order valence-corrected chi connectivity index (χ4v) is 3.43. The Kier molecular flexibility index (Phi) is 7.87. The van der Waals surface area contributed by atoms with Gasteiger partial charge in [-0.25, -0.2) is 0 Å². The molecule has 0 unspecified atom stereocenters. The van der Waals surface area contributed by atoms with Crippen molar-refractivity contribution in [2.24, 2.45) is 0 Å². The van der Waals surface area contributed by atoms with Crippen LogP contribution < -0.4 is 15.4 Å². The molecule has 0 atom stereocenters. The van der Waals surface area contributed by atoms with E-state index in [0.29, 0.717) is 5.56 Å². The number of imide groups is 1. The molecule has 2 N–H and O–H groups in total. The van der Waals surface area contributed by atoms with E-state index in [1.807, 2.05) is 0 Å². The lowest BCUT2D eigenvalue weighted by Crippen LogP contribution is -2.35. The maximum atomic E-state index is 12.4. The molecule has 12 nitrogen and oxygen atoms in total. The van der Waals surface area contributed by atoms with Crippen molar-refractivity contribution >= 4 is 35.3 Å². The molecule has 0 fully saturated rings. The molecule has 35 heavy (non-hydrogen) atoms. The lowest BCUT2D eigenvalue weighted by molar-refractivity contribution is -0.384. The molecular formula is C23H22N4O8. The number of hydrogen-bond acceptors (Lipinski definition) is 8. The second-order valence-corrected chi connectivity index (χ2v) is 7.58. The van der Waals surface area contributed by atoms with Gasteiger partial charge in [-0.1, -0.05) is 6.07 Å². The molecule has 1 aliphatic rings. The Hall–Kier alpha value is -4.61. The Bertz CT molecular complexity index is 1210. The second kappa shape index (κ2) is 11.0. The van der Waals surface area contributed by atoms with Crippen molar-refractivity contribution in [1.82, 2.24) is 15.5 Å². The highest BCUT2D eigenvalue weighted by atomic mass is 16.6. The smallest absolute Gasteiger partial charge is 0.308 e. The normalized spacial score (nSPS) is 12.2.